The van der Waals surface area contributed by atoms with E-state index in [4.69, 9.17) is 0 Å². The minimum Gasteiger partial charge on any atom is -0.357 e. The van der Waals surface area contributed by atoms with Gasteiger partial charge in [0.2, 0.25) is 11.8 Å². The zero-order chi connectivity index (χ0) is 21.8. The van der Waals surface area contributed by atoms with E-state index < -0.39 is 11.9 Å². The van der Waals surface area contributed by atoms with E-state index in [0.29, 0.717) is 29.5 Å². The Morgan fingerprint density at radius 1 is 1.13 bits per heavy atom. The molecule has 31 heavy (non-hydrogen) atoms. The predicted octanol–water partition coefficient (Wildman–Crippen LogP) is 2.90. The van der Waals surface area contributed by atoms with Gasteiger partial charge in [-0.2, -0.15) is 0 Å². The molecular formula is C22H22FN5O2S. The van der Waals surface area contributed by atoms with E-state index in [1.807, 2.05) is 30.3 Å². The molecular weight excluding hydrogens is 417 g/mol. The van der Waals surface area contributed by atoms with Gasteiger partial charge in [0.15, 0.2) is 11.0 Å². The summed E-state index contributed by atoms with van der Waals surface area (Å²) in [5.41, 5.74) is 1.10. The fourth-order valence-corrected chi connectivity index (χ4v) is 4.54. The van der Waals surface area contributed by atoms with Gasteiger partial charge in [0.1, 0.15) is 11.9 Å². The summed E-state index contributed by atoms with van der Waals surface area (Å²) in [6.07, 6.45) is 1.46. The first-order chi connectivity index (χ1) is 15.1. The molecule has 1 unspecified atom stereocenters. The van der Waals surface area contributed by atoms with E-state index >= 15 is 0 Å². The van der Waals surface area contributed by atoms with Crippen molar-refractivity contribution in [2.45, 2.75) is 24.0 Å². The average Bonchev–Trinajstić information content (AvgIpc) is 3.45. The van der Waals surface area contributed by atoms with Crippen LogP contribution in [0.1, 0.15) is 12.8 Å². The number of thioether (sulfide) groups is 1. The van der Waals surface area contributed by atoms with Crippen molar-refractivity contribution in [3.63, 3.8) is 0 Å². The van der Waals surface area contributed by atoms with Crippen LogP contribution in [0.4, 0.5) is 4.39 Å². The molecule has 1 fully saturated rings. The normalized spacial score (nSPS) is 15.8. The number of likely N-dealkylation sites (tertiary alicyclic amines) is 1. The number of carbonyl (C=O) groups excluding carboxylic acids is 2. The highest BCUT2D eigenvalue weighted by Crippen LogP contribution is 2.30. The number of carbonyl (C=O) groups is 2. The van der Waals surface area contributed by atoms with Gasteiger partial charge < -0.3 is 10.2 Å². The topological polar surface area (TPSA) is 80.1 Å². The highest BCUT2D eigenvalue weighted by Gasteiger charge is 2.33. The van der Waals surface area contributed by atoms with Gasteiger partial charge in [-0.25, -0.2) is 4.39 Å². The van der Waals surface area contributed by atoms with Crippen molar-refractivity contribution in [3.05, 3.63) is 60.4 Å². The fourth-order valence-electron chi connectivity index (χ4n) is 3.70. The minimum atomic E-state index is -0.431. The molecule has 2 amide bonds. The molecule has 0 bridgehead atoms. The number of hydrogen-bond acceptors (Lipinski definition) is 5. The van der Waals surface area contributed by atoms with Gasteiger partial charge in [0, 0.05) is 19.3 Å². The maximum Gasteiger partial charge on any atom is 0.242 e. The van der Waals surface area contributed by atoms with Crippen LogP contribution < -0.4 is 5.32 Å². The summed E-state index contributed by atoms with van der Waals surface area (Å²) in [4.78, 5) is 26.5. The number of aromatic nitrogens is 3. The quantitative estimate of drug-likeness (QED) is 0.598. The summed E-state index contributed by atoms with van der Waals surface area (Å²) in [6.45, 7) is 0.559. The highest BCUT2D eigenvalue weighted by molar-refractivity contribution is 7.99. The van der Waals surface area contributed by atoms with E-state index in [1.165, 1.54) is 17.8 Å². The molecule has 1 aromatic heterocycles. The van der Waals surface area contributed by atoms with E-state index in [2.05, 4.69) is 15.5 Å². The Bertz CT molecular complexity index is 1090. The Hall–Kier alpha value is -3.20. The zero-order valence-electron chi connectivity index (χ0n) is 17.0. The van der Waals surface area contributed by atoms with E-state index in [0.717, 1.165) is 12.1 Å². The minimum absolute atomic E-state index is 0.107. The monoisotopic (exact) mass is 439 g/mol. The molecule has 0 saturated carbocycles. The van der Waals surface area contributed by atoms with Crippen LogP contribution in [-0.4, -0.2) is 56.9 Å². The smallest absolute Gasteiger partial charge is 0.242 e. The third-order valence-electron chi connectivity index (χ3n) is 5.21. The van der Waals surface area contributed by atoms with Crippen molar-refractivity contribution < 1.29 is 14.0 Å². The summed E-state index contributed by atoms with van der Waals surface area (Å²) >= 11 is 1.22. The standard InChI is InChI=1S/C22H22FN5O2S/c1-24-21(30)18-12-7-13-27(18)19(29)14-31-22-26-25-20(16-10-5-6-11-17(16)23)28(22)15-8-3-2-4-9-15/h2-6,8-11,18H,7,12-14H2,1H3,(H,24,30). The summed E-state index contributed by atoms with van der Waals surface area (Å²) < 4.78 is 16.2. The number of hydrogen-bond donors (Lipinski definition) is 1. The van der Waals surface area contributed by atoms with Crippen molar-refractivity contribution in [1.82, 2.24) is 25.0 Å². The lowest BCUT2D eigenvalue weighted by molar-refractivity contribution is -0.136. The Labute approximate surface area is 183 Å². The second kappa shape index (κ2) is 9.30. The summed E-state index contributed by atoms with van der Waals surface area (Å²) in [6, 6.07) is 15.3. The van der Waals surface area contributed by atoms with Crippen LogP contribution in [-0.2, 0) is 9.59 Å². The average molecular weight is 440 g/mol. The largest absolute Gasteiger partial charge is 0.357 e. The molecule has 0 aliphatic carbocycles. The number of likely N-dealkylation sites (N-methyl/N-ethyl adjacent to an activating group) is 1. The lowest BCUT2D eigenvalue weighted by atomic mass is 10.2. The predicted molar refractivity (Wildman–Crippen MR) is 116 cm³/mol. The molecule has 2 heterocycles. The van der Waals surface area contributed by atoms with Gasteiger partial charge >= 0.3 is 0 Å². The van der Waals surface area contributed by atoms with Gasteiger partial charge in [-0.3, -0.25) is 14.2 Å². The number of para-hydroxylation sites is 1. The Kier molecular flexibility index (Phi) is 6.31. The van der Waals surface area contributed by atoms with Gasteiger partial charge in [0.25, 0.3) is 0 Å². The summed E-state index contributed by atoms with van der Waals surface area (Å²) in [7, 11) is 1.57. The van der Waals surface area contributed by atoms with Gasteiger partial charge in [0.05, 0.1) is 11.3 Å². The Balaban J connectivity index is 1.61. The molecule has 1 N–H and O–H groups in total. The molecule has 1 atom stereocenters. The van der Waals surface area contributed by atoms with Crippen LogP contribution in [0, 0.1) is 5.82 Å². The number of benzene rings is 2. The first-order valence-corrected chi connectivity index (χ1v) is 11.0. The Morgan fingerprint density at radius 2 is 1.87 bits per heavy atom. The molecule has 4 rings (SSSR count). The van der Waals surface area contributed by atoms with Crippen molar-refractivity contribution in [1.29, 1.82) is 0 Å². The second-order valence-corrected chi connectivity index (χ2v) is 8.05. The molecule has 0 spiro atoms. The van der Waals surface area contributed by atoms with E-state index in [1.54, 1.807) is 34.7 Å². The molecule has 160 valence electrons. The first kappa shape index (κ1) is 21.0. The molecule has 9 heteroatoms. The van der Waals surface area contributed by atoms with Crippen molar-refractivity contribution in [2.24, 2.45) is 0 Å². The van der Waals surface area contributed by atoms with Crippen LogP contribution in [0.5, 0.6) is 0 Å². The van der Waals surface area contributed by atoms with Crippen molar-refractivity contribution in [3.8, 4) is 17.1 Å². The van der Waals surface area contributed by atoms with Crippen molar-refractivity contribution >= 4 is 23.6 Å². The van der Waals surface area contributed by atoms with Gasteiger partial charge in [-0.1, -0.05) is 42.1 Å². The summed E-state index contributed by atoms with van der Waals surface area (Å²) in [5, 5.41) is 11.6. The second-order valence-electron chi connectivity index (χ2n) is 7.11. The lowest BCUT2D eigenvalue weighted by Crippen LogP contribution is -2.45. The maximum absolute atomic E-state index is 14.5. The van der Waals surface area contributed by atoms with Gasteiger partial charge in [-0.05, 0) is 37.1 Å². The fraction of sp³-hybridized carbons (Fsp3) is 0.273. The highest BCUT2D eigenvalue weighted by atomic mass is 32.2. The lowest BCUT2D eigenvalue weighted by Gasteiger charge is -2.23. The molecule has 2 aromatic carbocycles. The van der Waals surface area contributed by atoms with E-state index in [9.17, 15) is 14.0 Å². The number of amides is 2. The molecule has 1 aliphatic rings. The maximum atomic E-state index is 14.5. The molecule has 7 nitrogen and oxygen atoms in total. The SMILES string of the molecule is CNC(=O)C1CCCN1C(=O)CSc1nnc(-c2ccccc2F)n1-c1ccccc1. The molecule has 1 saturated heterocycles. The number of halogens is 1. The van der Waals surface area contributed by atoms with Gasteiger partial charge in [-0.15, -0.1) is 10.2 Å². The third-order valence-corrected chi connectivity index (χ3v) is 6.12. The van der Waals surface area contributed by atoms with Crippen LogP contribution in [0.15, 0.2) is 59.8 Å². The van der Waals surface area contributed by atoms with E-state index in [-0.39, 0.29) is 17.6 Å². The first-order valence-electron chi connectivity index (χ1n) is 9.99. The number of nitrogens with one attached hydrogen (secondary N) is 1. The van der Waals surface area contributed by atoms with Crippen LogP contribution >= 0.6 is 11.8 Å². The number of rotatable bonds is 6. The van der Waals surface area contributed by atoms with Crippen molar-refractivity contribution in [2.75, 3.05) is 19.3 Å². The summed E-state index contributed by atoms with van der Waals surface area (Å²) in [5.74, 6) is -0.208. The Morgan fingerprint density at radius 3 is 2.61 bits per heavy atom. The zero-order valence-corrected chi connectivity index (χ0v) is 17.8. The third kappa shape index (κ3) is 4.32. The van der Waals surface area contributed by atoms with Crippen LogP contribution in [0.2, 0.25) is 0 Å². The molecule has 3 aromatic rings. The molecule has 1 aliphatic heterocycles. The molecule has 0 radical (unpaired) electrons. The number of nitrogens with zero attached hydrogens (tertiary/aromatic N) is 4. The van der Waals surface area contributed by atoms with Crippen LogP contribution in [0.3, 0.4) is 0 Å². The van der Waals surface area contributed by atoms with Crippen LogP contribution in [0.25, 0.3) is 17.1 Å².